The van der Waals surface area contributed by atoms with Gasteiger partial charge in [-0.1, -0.05) is 12.1 Å². The molecule has 0 aliphatic carbocycles. The molecule has 3 aromatic rings. The van der Waals surface area contributed by atoms with Crippen molar-refractivity contribution in [3.05, 3.63) is 53.6 Å². The summed E-state index contributed by atoms with van der Waals surface area (Å²) in [6.07, 6.45) is 4.47. The van der Waals surface area contributed by atoms with Crippen LogP contribution in [-0.4, -0.2) is 32.5 Å². The van der Waals surface area contributed by atoms with Gasteiger partial charge in [-0.05, 0) is 50.1 Å². The normalized spacial score (nSPS) is 18.5. The molecule has 3 heterocycles. The molecule has 5 heteroatoms. The van der Waals surface area contributed by atoms with Crippen molar-refractivity contribution in [3.63, 3.8) is 0 Å². The Morgan fingerprint density at radius 1 is 1.36 bits per heavy atom. The Hall–Kier alpha value is -2.58. The van der Waals surface area contributed by atoms with Gasteiger partial charge in [0, 0.05) is 31.7 Å². The summed E-state index contributed by atoms with van der Waals surface area (Å²) in [5.41, 5.74) is 4.15. The molecular weight excluding hydrogens is 310 g/mol. The highest BCUT2D eigenvalue weighted by Gasteiger charge is 2.24. The lowest BCUT2D eigenvalue weighted by Gasteiger charge is -2.31. The fourth-order valence-corrected chi connectivity index (χ4v) is 3.86. The predicted molar refractivity (Wildman–Crippen MR) is 98.2 cm³/mol. The molecule has 1 aromatic carbocycles. The van der Waals surface area contributed by atoms with Crippen LogP contribution in [0.4, 0.5) is 0 Å². The topological polar surface area (TPSA) is 60.6 Å². The molecular formula is C20H23N5. The van der Waals surface area contributed by atoms with Crippen LogP contribution in [0.3, 0.4) is 0 Å². The van der Waals surface area contributed by atoms with E-state index in [1.54, 1.807) is 0 Å². The van der Waals surface area contributed by atoms with Crippen LogP contribution in [0, 0.1) is 11.3 Å². The number of rotatable bonds is 4. The molecule has 1 atom stereocenters. The molecule has 2 aromatic heterocycles. The summed E-state index contributed by atoms with van der Waals surface area (Å²) in [7, 11) is 0. The first-order valence-electron chi connectivity index (χ1n) is 9.03. The van der Waals surface area contributed by atoms with E-state index >= 15 is 0 Å². The van der Waals surface area contributed by atoms with Crippen molar-refractivity contribution in [3.8, 4) is 6.07 Å². The van der Waals surface area contributed by atoms with Crippen LogP contribution in [0.25, 0.3) is 11.0 Å². The maximum absolute atomic E-state index is 9.23. The zero-order chi connectivity index (χ0) is 17.2. The first-order valence-corrected chi connectivity index (χ1v) is 9.03. The maximum Gasteiger partial charge on any atom is 0.120 e. The number of aromatic nitrogens is 3. The summed E-state index contributed by atoms with van der Waals surface area (Å²) < 4.78 is 2.02. The van der Waals surface area contributed by atoms with E-state index in [-0.39, 0.29) is 0 Å². The van der Waals surface area contributed by atoms with Gasteiger partial charge in [-0.25, -0.2) is 4.98 Å². The molecule has 1 unspecified atom stereocenters. The first kappa shape index (κ1) is 15.9. The molecule has 1 saturated heterocycles. The van der Waals surface area contributed by atoms with E-state index in [0.717, 1.165) is 48.7 Å². The Labute approximate surface area is 147 Å². The summed E-state index contributed by atoms with van der Waals surface area (Å²) in [5.74, 6) is 1.56. The fourth-order valence-electron chi connectivity index (χ4n) is 3.86. The summed E-state index contributed by atoms with van der Waals surface area (Å²) in [6, 6.07) is 12.5. The number of piperidine rings is 1. The molecule has 5 nitrogen and oxygen atoms in total. The third-order valence-electron chi connectivity index (χ3n) is 5.11. The maximum atomic E-state index is 9.23. The second-order valence-corrected chi connectivity index (χ2v) is 6.84. The van der Waals surface area contributed by atoms with Crippen LogP contribution in [0.2, 0.25) is 0 Å². The molecule has 0 spiro atoms. The Morgan fingerprint density at radius 2 is 2.24 bits per heavy atom. The van der Waals surface area contributed by atoms with Crippen molar-refractivity contribution >= 4 is 11.0 Å². The van der Waals surface area contributed by atoms with Gasteiger partial charge in [0.05, 0.1) is 11.0 Å². The van der Waals surface area contributed by atoms with Gasteiger partial charge in [-0.15, -0.1) is 0 Å². The summed E-state index contributed by atoms with van der Waals surface area (Å²) in [4.78, 5) is 10.8. The number of nitrogens with zero attached hydrogens (tertiary/aromatic N) is 4. The number of benzene rings is 1. The zero-order valence-corrected chi connectivity index (χ0v) is 14.6. The van der Waals surface area contributed by atoms with Crippen LogP contribution >= 0.6 is 0 Å². The first-order chi connectivity index (χ1) is 12.3. The third-order valence-corrected chi connectivity index (χ3v) is 5.11. The standard InChI is InChI=1S/C20H23N5/c1-2-25-13-15(10-17(25)11-21)12-24-9-5-6-16(14-24)20-22-18-7-3-4-8-19(18)23-20/h3-4,7-8,10,13,16H,2,5-6,9,12,14H2,1H3,(H,22,23). The smallest absolute Gasteiger partial charge is 0.120 e. The number of aromatic amines is 1. The van der Waals surface area contributed by atoms with Gasteiger partial charge in [-0.3, -0.25) is 4.90 Å². The number of imidazole rings is 1. The zero-order valence-electron chi connectivity index (χ0n) is 14.6. The molecule has 25 heavy (non-hydrogen) atoms. The second-order valence-electron chi connectivity index (χ2n) is 6.84. The monoisotopic (exact) mass is 333 g/mol. The van der Waals surface area contributed by atoms with E-state index in [0.29, 0.717) is 5.92 Å². The highest BCUT2D eigenvalue weighted by molar-refractivity contribution is 5.74. The van der Waals surface area contributed by atoms with Gasteiger partial charge in [-0.2, -0.15) is 5.26 Å². The van der Waals surface area contributed by atoms with Crippen LogP contribution in [-0.2, 0) is 13.1 Å². The molecule has 0 saturated carbocycles. The number of fused-ring (bicyclic) bond motifs is 1. The average Bonchev–Trinajstić information content (AvgIpc) is 3.25. The van der Waals surface area contributed by atoms with E-state index in [1.165, 1.54) is 18.4 Å². The number of nitrogens with one attached hydrogen (secondary N) is 1. The highest BCUT2D eigenvalue weighted by Crippen LogP contribution is 2.27. The van der Waals surface area contributed by atoms with Gasteiger partial charge in [0.2, 0.25) is 0 Å². The summed E-state index contributed by atoms with van der Waals surface area (Å²) >= 11 is 0. The Balaban J connectivity index is 1.49. The quantitative estimate of drug-likeness (QED) is 0.793. The lowest BCUT2D eigenvalue weighted by atomic mass is 9.97. The minimum Gasteiger partial charge on any atom is -0.342 e. The van der Waals surface area contributed by atoms with Crippen molar-refractivity contribution in [2.24, 2.45) is 0 Å². The van der Waals surface area contributed by atoms with Crippen molar-refractivity contribution < 1.29 is 0 Å². The summed E-state index contributed by atoms with van der Waals surface area (Å²) in [6.45, 7) is 5.93. The Morgan fingerprint density at radius 3 is 3.00 bits per heavy atom. The van der Waals surface area contributed by atoms with Crippen molar-refractivity contribution in [1.82, 2.24) is 19.4 Å². The third kappa shape index (κ3) is 3.18. The lowest BCUT2D eigenvalue weighted by Crippen LogP contribution is -2.34. The van der Waals surface area contributed by atoms with Gasteiger partial charge >= 0.3 is 0 Å². The minimum absolute atomic E-state index is 0.449. The molecule has 1 fully saturated rings. The number of likely N-dealkylation sites (tertiary alicyclic amines) is 1. The molecule has 1 N–H and O–H groups in total. The number of aryl methyl sites for hydroxylation is 1. The second kappa shape index (κ2) is 6.73. The number of H-pyrrole nitrogens is 1. The number of para-hydroxylation sites is 2. The van der Waals surface area contributed by atoms with E-state index in [4.69, 9.17) is 4.98 Å². The van der Waals surface area contributed by atoms with Gasteiger partial charge in [0.25, 0.3) is 0 Å². The summed E-state index contributed by atoms with van der Waals surface area (Å²) in [5, 5.41) is 9.23. The van der Waals surface area contributed by atoms with Gasteiger partial charge in [0.1, 0.15) is 17.6 Å². The van der Waals surface area contributed by atoms with Crippen molar-refractivity contribution in [2.75, 3.05) is 13.1 Å². The van der Waals surface area contributed by atoms with Crippen LogP contribution in [0.5, 0.6) is 0 Å². The molecule has 0 bridgehead atoms. The molecule has 4 rings (SSSR count). The molecule has 1 aliphatic heterocycles. The number of hydrogen-bond donors (Lipinski definition) is 1. The molecule has 0 radical (unpaired) electrons. The molecule has 1 aliphatic rings. The SMILES string of the molecule is CCn1cc(CN2CCCC(c3nc4ccccc4[nH]3)C2)cc1C#N. The highest BCUT2D eigenvalue weighted by atomic mass is 15.1. The average molecular weight is 333 g/mol. The van der Waals surface area contributed by atoms with E-state index in [1.807, 2.05) is 22.8 Å². The molecule has 128 valence electrons. The Bertz CT molecular complexity index is 881. The van der Waals surface area contributed by atoms with Gasteiger partial charge < -0.3 is 9.55 Å². The largest absolute Gasteiger partial charge is 0.342 e. The number of hydrogen-bond acceptors (Lipinski definition) is 3. The van der Waals surface area contributed by atoms with Crippen LogP contribution in [0.1, 0.15) is 42.8 Å². The minimum atomic E-state index is 0.449. The van der Waals surface area contributed by atoms with Crippen LogP contribution < -0.4 is 0 Å². The van der Waals surface area contributed by atoms with Crippen molar-refractivity contribution in [1.29, 1.82) is 5.26 Å². The van der Waals surface area contributed by atoms with E-state index in [2.05, 4.69) is 41.2 Å². The fraction of sp³-hybridized carbons (Fsp3) is 0.400. The molecule has 0 amide bonds. The van der Waals surface area contributed by atoms with Crippen molar-refractivity contribution in [2.45, 2.75) is 38.8 Å². The van der Waals surface area contributed by atoms with E-state index in [9.17, 15) is 5.26 Å². The lowest BCUT2D eigenvalue weighted by molar-refractivity contribution is 0.197. The van der Waals surface area contributed by atoms with Gasteiger partial charge in [0.15, 0.2) is 0 Å². The Kier molecular flexibility index (Phi) is 4.29. The predicted octanol–water partition coefficient (Wildman–Crippen LogP) is 3.64. The van der Waals surface area contributed by atoms with E-state index < -0.39 is 0 Å². The number of nitriles is 1. The van der Waals surface area contributed by atoms with Crippen LogP contribution in [0.15, 0.2) is 36.5 Å².